The van der Waals surface area contributed by atoms with E-state index in [1.54, 1.807) is 6.33 Å². The Labute approximate surface area is 110 Å². The van der Waals surface area contributed by atoms with Gasteiger partial charge in [0.1, 0.15) is 12.2 Å². The maximum atomic E-state index is 6.03. The van der Waals surface area contributed by atoms with Gasteiger partial charge in [0.05, 0.1) is 17.3 Å². The van der Waals surface area contributed by atoms with E-state index >= 15 is 0 Å². The molecule has 0 fully saturated rings. The van der Waals surface area contributed by atoms with Gasteiger partial charge in [-0.15, -0.1) is 10.2 Å². The van der Waals surface area contributed by atoms with E-state index in [9.17, 15) is 0 Å². The number of nitrogens with zero attached hydrogens (tertiary/aromatic N) is 4. The van der Waals surface area contributed by atoms with Crippen LogP contribution >= 0.6 is 11.6 Å². The second-order valence-corrected chi connectivity index (χ2v) is 4.91. The van der Waals surface area contributed by atoms with Crippen LogP contribution in [0.3, 0.4) is 0 Å². The molecule has 0 aliphatic carbocycles. The van der Waals surface area contributed by atoms with Gasteiger partial charge in [0.15, 0.2) is 0 Å². The first-order chi connectivity index (χ1) is 8.72. The Bertz CT molecular complexity index is 565. The molecule has 0 unspecified atom stereocenters. The van der Waals surface area contributed by atoms with Gasteiger partial charge >= 0.3 is 0 Å². The Morgan fingerprint density at radius 2 is 2.22 bits per heavy atom. The molecule has 0 radical (unpaired) electrons. The Balaban J connectivity index is 1.72. The number of hydrogen-bond donors (Lipinski definition) is 1. The number of nitrogen functional groups attached to an aromatic ring is 1. The average molecular weight is 264 g/mol. The molecule has 0 bridgehead atoms. The summed E-state index contributed by atoms with van der Waals surface area (Å²) in [6.07, 6.45) is 1.78. The number of fused-ring (bicyclic) bond motifs is 1. The number of hydrogen-bond acceptors (Lipinski definition) is 4. The highest BCUT2D eigenvalue weighted by Crippen LogP contribution is 2.21. The van der Waals surface area contributed by atoms with Gasteiger partial charge in [-0.3, -0.25) is 4.90 Å². The average Bonchev–Trinajstić information content (AvgIpc) is 2.81. The number of halogens is 1. The van der Waals surface area contributed by atoms with Gasteiger partial charge < -0.3 is 10.3 Å². The van der Waals surface area contributed by atoms with Crippen molar-refractivity contribution in [3.63, 3.8) is 0 Å². The second-order valence-electron chi connectivity index (χ2n) is 4.51. The fraction of sp³-hybridized carbons (Fsp3) is 0.333. The monoisotopic (exact) mass is 263 g/mol. The van der Waals surface area contributed by atoms with Crippen molar-refractivity contribution in [1.29, 1.82) is 0 Å². The van der Waals surface area contributed by atoms with Crippen LogP contribution in [0.2, 0.25) is 5.02 Å². The van der Waals surface area contributed by atoms with Gasteiger partial charge in [0.2, 0.25) is 0 Å². The molecular weight excluding hydrogens is 250 g/mol. The lowest BCUT2D eigenvalue weighted by atomic mass is 10.2. The van der Waals surface area contributed by atoms with Crippen LogP contribution in [-0.4, -0.2) is 26.2 Å². The van der Waals surface area contributed by atoms with Crippen LogP contribution in [0.1, 0.15) is 11.4 Å². The fourth-order valence-electron chi connectivity index (χ4n) is 2.18. The first-order valence-corrected chi connectivity index (χ1v) is 6.23. The largest absolute Gasteiger partial charge is 0.398 e. The molecule has 5 nitrogen and oxygen atoms in total. The third kappa shape index (κ3) is 2.19. The zero-order valence-corrected chi connectivity index (χ0v) is 10.6. The predicted molar refractivity (Wildman–Crippen MR) is 70.0 cm³/mol. The van der Waals surface area contributed by atoms with Crippen molar-refractivity contribution in [2.24, 2.45) is 0 Å². The molecule has 2 aromatic rings. The molecule has 1 aliphatic heterocycles. The molecule has 0 saturated carbocycles. The molecule has 1 aromatic carbocycles. The molecular formula is C12H14ClN5. The molecule has 0 saturated heterocycles. The standard InChI is InChI=1S/C12H14ClN5/c13-10-5-9(1-2-11(10)14)6-17-3-4-18-8-15-16-12(18)7-17/h1-2,5,8H,3-4,6-7,14H2. The number of rotatable bonds is 2. The molecule has 1 aromatic heterocycles. The van der Waals surface area contributed by atoms with Crippen LogP contribution in [0.15, 0.2) is 24.5 Å². The minimum atomic E-state index is 0.618. The van der Waals surface area contributed by atoms with Crippen molar-refractivity contribution < 1.29 is 0 Å². The second kappa shape index (κ2) is 4.59. The smallest absolute Gasteiger partial charge is 0.147 e. The molecule has 18 heavy (non-hydrogen) atoms. The van der Waals surface area contributed by atoms with Gasteiger partial charge in [-0.25, -0.2) is 0 Å². The molecule has 0 atom stereocenters. The minimum absolute atomic E-state index is 0.618. The zero-order valence-electron chi connectivity index (χ0n) is 9.88. The Morgan fingerprint density at radius 3 is 3.06 bits per heavy atom. The van der Waals surface area contributed by atoms with Gasteiger partial charge in [0, 0.05) is 19.6 Å². The fourth-order valence-corrected chi connectivity index (χ4v) is 2.38. The normalized spacial score (nSPS) is 15.6. The Hall–Kier alpha value is -1.59. The molecule has 0 spiro atoms. The van der Waals surface area contributed by atoms with E-state index in [0.29, 0.717) is 10.7 Å². The minimum Gasteiger partial charge on any atom is -0.398 e. The summed E-state index contributed by atoms with van der Waals surface area (Å²) in [4.78, 5) is 2.33. The van der Waals surface area contributed by atoms with E-state index in [1.165, 1.54) is 5.56 Å². The van der Waals surface area contributed by atoms with E-state index in [1.807, 2.05) is 18.2 Å². The van der Waals surface area contributed by atoms with Crippen molar-refractivity contribution in [3.8, 4) is 0 Å². The van der Waals surface area contributed by atoms with E-state index in [0.717, 1.165) is 32.0 Å². The Kier molecular flexibility index (Phi) is 2.93. The molecule has 0 amide bonds. The first-order valence-electron chi connectivity index (χ1n) is 5.85. The number of nitrogens with two attached hydrogens (primary N) is 1. The highest BCUT2D eigenvalue weighted by Gasteiger charge is 2.17. The lowest BCUT2D eigenvalue weighted by Gasteiger charge is -2.26. The SMILES string of the molecule is Nc1ccc(CN2CCn3cnnc3C2)cc1Cl. The summed E-state index contributed by atoms with van der Waals surface area (Å²) in [7, 11) is 0. The Morgan fingerprint density at radius 1 is 1.33 bits per heavy atom. The van der Waals surface area contributed by atoms with Crippen LogP contribution in [0.4, 0.5) is 5.69 Å². The molecule has 3 rings (SSSR count). The van der Waals surface area contributed by atoms with Gasteiger partial charge in [-0.05, 0) is 17.7 Å². The van der Waals surface area contributed by atoms with Crippen LogP contribution in [0, 0.1) is 0 Å². The quantitative estimate of drug-likeness (QED) is 0.835. The highest BCUT2D eigenvalue weighted by atomic mass is 35.5. The van der Waals surface area contributed by atoms with Crippen molar-refractivity contribution >= 4 is 17.3 Å². The van der Waals surface area contributed by atoms with Crippen LogP contribution in [0.5, 0.6) is 0 Å². The third-order valence-corrected chi connectivity index (χ3v) is 3.52. The van der Waals surface area contributed by atoms with Crippen molar-refractivity contribution in [2.45, 2.75) is 19.6 Å². The zero-order chi connectivity index (χ0) is 12.5. The summed E-state index contributed by atoms with van der Waals surface area (Å²) >= 11 is 6.03. The van der Waals surface area contributed by atoms with E-state index in [4.69, 9.17) is 17.3 Å². The molecule has 2 N–H and O–H groups in total. The van der Waals surface area contributed by atoms with Crippen LogP contribution in [0.25, 0.3) is 0 Å². The molecule has 1 aliphatic rings. The van der Waals surface area contributed by atoms with Gasteiger partial charge in [-0.2, -0.15) is 0 Å². The van der Waals surface area contributed by atoms with E-state index < -0.39 is 0 Å². The van der Waals surface area contributed by atoms with E-state index in [2.05, 4.69) is 19.7 Å². The molecule has 2 heterocycles. The van der Waals surface area contributed by atoms with Gasteiger partial charge in [-0.1, -0.05) is 17.7 Å². The van der Waals surface area contributed by atoms with Crippen molar-refractivity contribution in [3.05, 3.63) is 40.9 Å². The lowest BCUT2D eigenvalue weighted by Crippen LogP contribution is -2.33. The highest BCUT2D eigenvalue weighted by molar-refractivity contribution is 6.33. The summed E-state index contributed by atoms with van der Waals surface area (Å²) in [5.74, 6) is 1.02. The molecule has 6 heteroatoms. The summed E-state index contributed by atoms with van der Waals surface area (Å²) in [6.45, 7) is 3.60. The lowest BCUT2D eigenvalue weighted by molar-refractivity contribution is 0.209. The number of anilines is 1. The summed E-state index contributed by atoms with van der Waals surface area (Å²) < 4.78 is 2.09. The maximum absolute atomic E-state index is 6.03. The van der Waals surface area contributed by atoms with Crippen LogP contribution < -0.4 is 5.73 Å². The van der Waals surface area contributed by atoms with Gasteiger partial charge in [0.25, 0.3) is 0 Å². The summed E-state index contributed by atoms with van der Waals surface area (Å²) in [5.41, 5.74) is 7.50. The van der Waals surface area contributed by atoms with Crippen LogP contribution in [-0.2, 0) is 19.6 Å². The first kappa shape index (κ1) is 11.5. The number of benzene rings is 1. The predicted octanol–water partition coefficient (Wildman–Crippen LogP) is 1.53. The van der Waals surface area contributed by atoms with E-state index in [-0.39, 0.29) is 0 Å². The maximum Gasteiger partial charge on any atom is 0.147 e. The number of aromatic nitrogens is 3. The molecule has 94 valence electrons. The summed E-state index contributed by atoms with van der Waals surface area (Å²) in [5, 5.41) is 8.64. The summed E-state index contributed by atoms with van der Waals surface area (Å²) in [6, 6.07) is 5.79. The van der Waals surface area contributed by atoms with Crippen molar-refractivity contribution in [2.75, 3.05) is 12.3 Å². The third-order valence-electron chi connectivity index (χ3n) is 3.19. The topological polar surface area (TPSA) is 60.0 Å². The van der Waals surface area contributed by atoms with Crippen molar-refractivity contribution in [1.82, 2.24) is 19.7 Å².